The van der Waals surface area contributed by atoms with E-state index in [0.717, 1.165) is 47.9 Å². The summed E-state index contributed by atoms with van der Waals surface area (Å²) in [6.45, 7) is 5.74. The van der Waals surface area contributed by atoms with Crippen LogP contribution in [-0.2, 0) is 4.79 Å². The van der Waals surface area contributed by atoms with Crippen LogP contribution in [-0.4, -0.2) is 30.0 Å². The smallest absolute Gasteiger partial charge is 0.263 e. The zero-order valence-electron chi connectivity index (χ0n) is 14.7. The third-order valence-electron chi connectivity index (χ3n) is 5.10. The van der Waals surface area contributed by atoms with Gasteiger partial charge in [-0.25, -0.2) is 0 Å². The van der Waals surface area contributed by atoms with Gasteiger partial charge in [-0.05, 0) is 49.9 Å². The van der Waals surface area contributed by atoms with E-state index in [-0.39, 0.29) is 5.91 Å². The number of para-hydroxylation sites is 1. The molecule has 1 aliphatic heterocycles. The highest BCUT2D eigenvalue weighted by Crippen LogP contribution is 2.31. The third-order valence-corrected chi connectivity index (χ3v) is 5.10. The molecule has 0 saturated carbocycles. The van der Waals surface area contributed by atoms with Crippen LogP contribution in [0.5, 0.6) is 5.75 Å². The Morgan fingerprint density at radius 2 is 1.84 bits per heavy atom. The minimum Gasteiger partial charge on any atom is -0.481 e. The number of carbonyl (C=O) groups excluding carboxylic acids is 1. The molecular weight excluding hydrogens is 314 g/mol. The Bertz CT molecular complexity index is 906. The first kappa shape index (κ1) is 16.0. The van der Waals surface area contributed by atoms with Gasteiger partial charge in [0, 0.05) is 23.9 Å². The van der Waals surface area contributed by atoms with Crippen molar-refractivity contribution in [3.8, 4) is 5.75 Å². The third kappa shape index (κ3) is 3.09. The second kappa shape index (κ2) is 6.43. The van der Waals surface area contributed by atoms with Crippen molar-refractivity contribution in [3.05, 3.63) is 42.5 Å². The first-order valence-electron chi connectivity index (χ1n) is 8.98. The number of amides is 1. The van der Waals surface area contributed by atoms with E-state index >= 15 is 0 Å². The lowest BCUT2D eigenvalue weighted by Crippen LogP contribution is -2.44. The Morgan fingerprint density at radius 1 is 1.12 bits per heavy atom. The summed E-state index contributed by atoms with van der Waals surface area (Å²) in [5.74, 6) is 1.48. The maximum absolute atomic E-state index is 12.6. The molecule has 2 aromatic carbocycles. The number of carbonyl (C=O) groups is 1. The maximum atomic E-state index is 12.6. The van der Waals surface area contributed by atoms with Crippen molar-refractivity contribution in [2.24, 2.45) is 5.92 Å². The van der Waals surface area contributed by atoms with Crippen molar-refractivity contribution in [2.75, 3.05) is 13.1 Å². The van der Waals surface area contributed by atoms with Gasteiger partial charge >= 0.3 is 0 Å². The van der Waals surface area contributed by atoms with Gasteiger partial charge in [-0.15, -0.1) is 0 Å². The summed E-state index contributed by atoms with van der Waals surface area (Å²) < 4.78 is 11.8. The SMILES string of the molecule is CC1CCN(C(=O)[C@@H](C)Oc2ccc3oc4ccccc4c3c2)CC1. The van der Waals surface area contributed by atoms with Crippen molar-refractivity contribution >= 4 is 27.8 Å². The molecule has 4 nitrogen and oxygen atoms in total. The van der Waals surface area contributed by atoms with Gasteiger partial charge in [0.25, 0.3) is 5.91 Å². The molecule has 0 spiro atoms. The predicted octanol–water partition coefficient (Wildman–Crippen LogP) is 4.61. The van der Waals surface area contributed by atoms with Gasteiger partial charge < -0.3 is 14.1 Å². The number of rotatable bonds is 3. The van der Waals surface area contributed by atoms with E-state index in [1.165, 1.54) is 0 Å². The van der Waals surface area contributed by atoms with Crippen molar-refractivity contribution in [1.29, 1.82) is 0 Å². The number of hydrogen-bond donors (Lipinski definition) is 0. The summed E-state index contributed by atoms with van der Waals surface area (Å²) in [6.07, 6.45) is 1.67. The highest BCUT2D eigenvalue weighted by atomic mass is 16.5. The van der Waals surface area contributed by atoms with Gasteiger partial charge in [0.15, 0.2) is 6.10 Å². The Labute approximate surface area is 147 Å². The van der Waals surface area contributed by atoms with Crippen molar-refractivity contribution in [2.45, 2.75) is 32.8 Å². The number of piperidine rings is 1. The van der Waals surface area contributed by atoms with Gasteiger partial charge in [0.1, 0.15) is 16.9 Å². The molecule has 130 valence electrons. The molecule has 0 radical (unpaired) electrons. The fourth-order valence-electron chi connectivity index (χ4n) is 3.52. The number of hydrogen-bond acceptors (Lipinski definition) is 3. The molecule has 0 N–H and O–H groups in total. The number of furan rings is 1. The molecule has 1 fully saturated rings. The van der Waals surface area contributed by atoms with E-state index in [1.807, 2.05) is 54.3 Å². The second-order valence-electron chi connectivity index (χ2n) is 7.02. The summed E-state index contributed by atoms with van der Waals surface area (Å²) in [5.41, 5.74) is 1.69. The minimum atomic E-state index is -0.482. The summed E-state index contributed by atoms with van der Waals surface area (Å²) in [5, 5.41) is 2.08. The number of ether oxygens (including phenoxy) is 1. The topological polar surface area (TPSA) is 42.7 Å². The minimum absolute atomic E-state index is 0.0732. The average molecular weight is 337 g/mol. The van der Waals surface area contributed by atoms with Crippen LogP contribution in [0.15, 0.2) is 46.9 Å². The van der Waals surface area contributed by atoms with Crippen molar-refractivity contribution < 1.29 is 13.9 Å². The molecule has 3 aromatic rings. The van der Waals surface area contributed by atoms with E-state index < -0.39 is 6.10 Å². The van der Waals surface area contributed by atoms with Crippen molar-refractivity contribution in [1.82, 2.24) is 4.90 Å². The molecule has 1 amide bonds. The quantitative estimate of drug-likeness (QED) is 0.701. The Hall–Kier alpha value is -2.49. The number of fused-ring (bicyclic) bond motifs is 3. The van der Waals surface area contributed by atoms with Gasteiger partial charge in [-0.1, -0.05) is 25.1 Å². The fraction of sp³-hybridized carbons (Fsp3) is 0.381. The molecule has 0 unspecified atom stereocenters. The molecule has 0 bridgehead atoms. The van der Waals surface area contributed by atoms with E-state index in [2.05, 4.69) is 6.92 Å². The summed E-state index contributed by atoms with van der Waals surface area (Å²) in [6, 6.07) is 13.7. The second-order valence-corrected chi connectivity index (χ2v) is 7.02. The highest BCUT2D eigenvalue weighted by Gasteiger charge is 2.25. The molecule has 1 aromatic heterocycles. The van der Waals surface area contributed by atoms with E-state index in [0.29, 0.717) is 11.7 Å². The van der Waals surface area contributed by atoms with Gasteiger partial charge in [0.2, 0.25) is 0 Å². The number of benzene rings is 2. The zero-order valence-corrected chi connectivity index (χ0v) is 14.7. The molecule has 1 atom stereocenters. The molecular formula is C21H23NO3. The molecule has 1 aliphatic rings. The fourth-order valence-corrected chi connectivity index (χ4v) is 3.52. The normalized spacial score (nSPS) is 17.1. The first-order valence-corrected chi connectivity index (χ1v) is 8.98. The molecule has 4 heteroatoms. The number of likely N-dealkylation sites (tertiary alicyclic amines) is 1. The molecule has 1 saturated heterocycles. The van der Waals surface area contributed by atoms with E-state index in [1.54, 1.807) is 0 Å². The average Bonchev–Trinajstić information content (AvgIpc) is 3.00. The lowest BCUT2D eigenvalue weighted by atomic mass is 9.99. The van der Waals surface area contributed by atoms with E-state index in [9.17, 15) is 4.79 Å². The van der Waals surface area contributed by atoms with Gasteiger partial charge in [-0.3, -0.25) is 4.79 Å². The van der Waals surface area contributed by atoms with Crippen LogP contribution in [0, 0.1) is 5.92 Å². The summed E-state index contributed by atoms with van der Waals surface area (Å²) in [4.78, 5) is 14.5. The van der Waals surface area contributed by atoms with Crippen LogP contribution < -0.4 is 4.74 Å². The molecule has 25 heavy (non-hydrogen) atoms. The Morgan fingerprint density at radius 3 is 2.64 bits per heavy atom. The summed E-state index contributed by atoms with van der Waals surface area (Å²) >= 11 is 0. The number of nitrogens with zero attached hydrogens (tertiary/aromatic N) is 1. The van der Waals surface area contributed by atoms with Crippen molar-refractivity contribution in [3.63, 3.8) is 0 Å². The lowest BCUT2D eigenvalue weighted by molar-refractivity contribution is -0.139. The first-order chi connectivity index (χ1) is 12.1. The van der Waals surface area contributed by atoms with Crippen LogP contribution in [0.1, 0.15) is 26.7 Å². The largest absolute Gasteiger partial charge is 0.481 e. The van der Waals surface area contributed by atoms with Gasteiger partial charge in [0.05, 0.1) is 0 Å². The molecule has 2 heterocycles. The monoisotopic (exact) mass is 337 g/mol. The Kier molecular flexibility index (Phi) is 4.12. The van der Waals surface area contributed by atoms with Crippen LogP contribution in [0.4, 0.5) is 0 Å². The van der Waals surface area contributed by atoms with Gasteiger partial charge in [-0.2, -0.15) is 0 Å². The summed E-state index contributed by atoms with van der Waals surface area (Å²) in [7, 11) is 0. The van der Waals surface area contributed by atoms with Crippen LogP contribution in [0.25, 0.3) is 21.9 Å². The lowest BCUT2D eigenvalue weighted by Gasteiger charge is -2.32. The standard InChI is InChI=1S/C21H23NO3/c1-14-9-11-22(12-10-14)21(23)15(2)24-16-7-8-20-18(13-16)17-5-3-4-6-19(17)25-20/h3-8,13-15H,9-12H2,1-2H3/t15-/m1/s1. The molecule has 0 aliphatic carbocycles. The Balaban J connectivity index is 1.53. The predicted molar refractivity (Wildman–Crippen MR) is 98.8 cm³/mol. The molecule has 4 rings (SSSR count). The van der Waals surface area contributed by atoms with E-state index in [4.69, 9.17) is 9.15 Å². The zero-order chi connectivity index (χ0) is 17.4. The van der Waals surface area contributed by atoms with Crippen LogP contribution >= 0.6 is 0 Å². The highest BCUT2D eigenvalue weighted by molar-refractivity contribution is 6.05. The maximum Gasteiger partial charge on any atom is 0.263 e. The van der Waals surface area contributed by atoms with Crippen LogP contribution in [0.3, 0.4) is 0 Å². The van der Waals surface area contributed by atoms with Crippen LogP contribution in [0.2, 0.25) is 0 Å².